The van der Waals surface area contributed by atoms with E-state index in [-0.39, 0.29) is 11.2 Å². The van der Waals surface area contributed by atoms with Crippen molar-refractivity contribution in [2.24, 2.45) is 0 Å². The summed E-state index contributed by atoms with van der Waals surface area (Å²) in [6.07, 6.45) is 4.41. The van der Waals surface area contributed by atoms with Gasteiger partial charge in [0.1, 0.15) is 6.54 Å². The van der Waals surface area contributed by atoms with E-state index >= 15 is 0 Å². The van der Waals surface area contributed by atoms with Gasteiger partial charge in [-0.25, -0.2) is 8.42 Å². The number of hydrogen-bond donors (Lipinski definition) is 0. The van der Waals surface area contributed by atoms with Crippen LogP contribution in [0.4, 0.5) is 5.69 Å². The highest BCUT2D eigenvalue weighted by molar-refractivity contribution is 7.85. The van der Waals surface area contributed by atoms with Gasteiger partial charge < -0.3 is 4.55 Å². The van der Waals surface area contributed by atoms with Gasteiger partial charge >= 0.3 is 0 Å². The molecule has 0 fully saturated rings. The average Bonchev–Trinajstić information content (AvgIpc) is 2.68. The first-order valence-corrected chi connectivity index (χ1v) is 9.58. The van der Waals surface area contributed by atoms with Crippen LogP contribution in [0.2, 0.25) is 0 Å². The molecule has 1 unspecified atom stereocenters. The fourth-order valence-corrected chi connectivity index (χ4v) is 4.56. The first kappa shape index (κ1) is 15.7. The smallest absolute Gasteiger partial charge is 0.212 e. The van der Waals surface area contributed by atoms with Crippen LogP contribution >= 0.6 is 0 Å². The predicted octanol–water partition coefficient (Wildman–Crippen LogP) is 2.72. The highest BCUT2D eigenvalue weighted by Gasteiger charge is 2.47. The lowest BCUT2D eigenvalue weighted by Gasteiger charge is -2.22. The molecule has 0 aromatic heterocycles. The van der Waals surface area contributed by atoms with Gasteiger partial charge in [-0.2, -0.15) is 4.58 Å². The quantitative estimate of drug-likeness (QED) is 0.476. The molecule has 22 heavy (non-hydrogen) atoms. The number of hydrogen-bond acceptors (Lipinski definition) is 3. The summed E-state index contributed by atoms with van der Waals surface area (Å²) in [4.78, 5) is 0. The van der Waals surface area contributed by atoms with Crippen molar-refractivity contribution in [2.75, 3.05) is 12.3 Å². The van der Waals surface area contributed by atoms with Gasteiger partial charge in [-0.1, -0.05) is 24.6 Å². The average molecular weight is 321 g/mol. The summed E-state index contributed by atoms with van der Waals surface area (Å²) in [6, 6.07) is 6.56. The minimum absolute atomic E-state index is 0.0394. The van der Waals surface area contributed by atoms with Crippen molar-refractivity contribution in [1.82, 2.24) is 0 Å². The summed E-state index contributed by atoms with van der Waals surface area (Å²) in [5.41, 5.74) is 5.49. The monoisotopic (exact) mass is 321 g/mol. The van der Waals surface area contributed by atoms with Crippen molar-refractivity contribution in [3.63, 3.8) is 0 Å². The lowest BCUT2D eigenvalue weighted by Crippen LogP contribution is -2.30. The van der Waals surface area contributed by atoms with Gasteiger partial charge in [-0.15, -0.1) is 0 Å². The Balaban J connectivity index is 1.85. The van der Waals surface area contributed by atoms with Gasteiger partial charge in [0.05, 0.1) is 15.5 Å². The van der Waals surface area contributed by atoms with E-state index in [1.165, 1.54) is 28.9 Å². The molecule has 0 amide bonds. The largest absolute Gasteiger partial charge is 0.748 e. The van der Waals surface area contributed by atoms with E-state index < -0.39 is 10.1 Å². The molecule has 3 rings (SSSR count). The summed E-state index contributed by atoms with van der Waals surface area (Å²) >= 11 is 0. The highest BCUT2D eigenvalue weighted by atomic mass is 32.2. The molecule has 0 N–H and O–H groups in total. The Morgan fingerprint density at radius 2 is 2.09 bits per heavy atom. The molecule has 0 saturated heterocycles. The van der Waals surface area contributed by atoms with Crippen LogP contribution < -0.4 is 0 Å². The van der Waals surface area contributed by atoms with Gasteiger partial charge in [0.2, 0.25) is 5.69 Å². The third-order valence-corrected chi connectivity index (χ3v) is 6.12. The maximum Gasteiger partial charge on any atom is 0.212 e. The molecule has 2 heterocycles. The molecular formula is C17H23NO3S. The van der Waals surface area contributed by atoms with Gasteiger partial charge in [-0.3, -0.25) is 0 Å². The van der Waals surface area contributed by atoms with E-state index in [2.05, 4.69) is 36.6 Å². The van der Waals surface area contributed by atoms with E-state index in [1.54, 1.807) is 0 Å². The molecule has 120 valence electrons. The predicted molar refractivity (Wildman–Crippen MR) is 86.0 cm³/mol. The van der Waals surface area contributed by atoms with Crippen LogP contribution in [-0.4, -0.2) is 35.6 Å². The van der Waals surface area contributed by atoms with E-state index in [0.29, 0.717) is 6.42 Å². The molecule has 0 radical (unpaired) electrons. The Morgan fingerprint density at radius 3 is 2.82 bits per heavy atom. The minimum Gasteiger partial charge on any atom is -0.748 e. The Bertz CT molecular complexity index is 736. The second kappa shape index (κ2) is 5.46. The maximum absolute atomic E-state index is 10.8. The molecular weight excluding hydrogens is 298 g/mol. The number of aryl methyl sites for hydroxylation is 1. The summed E-state index contributed by atoms with van der Waals surface area (Å²) < 4.78 is 34.7. The first-order chi connectivity index (χ1) is 10.3. The normalized spacial score (nSPS) is 23.8. The number of unbranched alkanes of at least 4 members (excludes halogenated alkanes) is 1. The number of nitrogens with zero attached hydrogens (tertiary/aromatic N) is 1. The summed E-state index contributed by atoms with van der Waals surface area (Å²) in [5.74, 6) is -0.251. The SMILES string of the molecule is CC1=[N+]2CCCc3cccc(c32)C1(C)CCCCS(=O)(=O)[O-]. The number of benzene rings is 1. The van der Waals surface area contributed by atoms with Gasteiger partial charge in [-0.05, 0) is 26.2 Å². The van der Waals surface area contributed by atoms with Crippen LogP contribution in [0.25, 0.3) is 0 Å². The van der Waals surface area contributed by atoms with Crippen LogP contribution in [0.15, 0.2) is 18.2 Å². The summed E-state index contributed by atoms with van der Waals surface area (Å²) in [6.45, 7) is 5.52. The van der Waals surface area contributed by atoms with Crippen LogP contribution in [0, 0.1) is 0 Å². The van der Waals surface area contributed by atoms with Crippen molar-refractivity contribution in [3.05, 3.63) is 29.3 Å². The first-order valence-electron chi connectivity index (χ1n) is 8.00. The molecule has 2 aliphatic rings. The zero-order valence-corrected chi connectivity index (χ0v) is 14.1. The van der Waals surface area contributed by atoms with Crippen molar-refractivity contribution < 1.29 is 17.5 Å². The van der Waals surface area contributed by atoms with Crippen molar-refractivity contribution in [3.8, 4) is 0 Å². The molecule has 0 spiro atoms. The summed E-state index contributed by atoms with van der Waals surface area (Å²) in [5, 5.41) is 0. The molecule has 0 bridgehead atoms. The fourth-order valence-electron chi connectivity index (χ4n) is 4.00. The molecule has 1 aromatic carbocycles. The Morgan fingerprint density at radius 1 is 1.32 bits per heavy atom. The third kappa shape index (κ3) is 2.61. The number of para-hydroxylation sites is 1. The van der Waals surface area contributed by atoms with Gasteiger partial charge in [0.15, 0.2) is 5.71 Å². The van der Waals surface area contributed by atoms with Crippen LogP contribution in [0.5, 0.6) is 0 Å². The Hall–Kier alpha value is -1.20. The fraction of sp³-hybridized carbons (Fsp3) is 0.588. The molecule has 4 nitrogen and oxygen atoms in total. The minimum atomic E-state index is -4.09. The highest BCUT2D eigenvalue weighted by Crippen LogP contribution is 2.46. The Labute approximate surface area is 132 Å². The maximum atomic E-state index is 10.8. The molecule has 0 aliphatic carbocycles. The third-order valence-electron chi connectivity index (χ3n) is 5.34. The van der Waals surface area contributed by atoms with E-state index in [0.717, 1.165) is 25.8 Å². The molecule has 1 atom stereocenters. The van der Waals surface area contributed by atoms with Crippen LogP contribution in [0.1, 0.15) is 50.7 Å². The second-order valence-corrected chi connectivity index (χ2v) is 8.23. The molecule has 0 saturated carbocycles. The van der Waals surface area contributed by atoms with E-state index in [9.17, 15) is 13.0 Å². The summed E-state index contributed by atoms with van der Waals surface area (Å²) in [7, 11) is -4.09. The lowest BCUT2D eigenvalue weighted by molar-refractivity contribution is -0.444. The van der Waals surface area contributed by atoms with Crippen LogP contribution in [0.3, 0.4) is 0 Å². The zero-order chi connectivity index (χ0) is 16.0. The topological polar surface area (TPSA) is 60.2 Å². The zero-order valence-electron chi connectivity index (χ0n) is 13.3. The van der Waals surface area contributed by atoms with Crippen molar-refractivity contribution >= 4 is 21.5 Å². The molecule has 1 aromatic rings. The van der Waals surface area contributed by atoms with Gasteiger partial charge in [0.25, 0.3) is 0 Å². The molecule has 2 aliphatic heterocycles. The standard InChI is InChI=1S/C17H23NO3S/c1-13-17(2,10-3-4-12-22(19,20)21)15-9-5-7-14-8-6-11-18(13)16(14)15/h5,7,9H,3-4,6,8,10-12H2,1-2H3. The van der Waals surface area contributed by atoms with E-state index in [1.807, 2.05) is 0 Å². The van der Waals surface area contributed by atoms with E-state index in [4.69, 9.17) is 0 Å². The second-order valence-electron chi connectivity index (χ2n) is 6.70. The lowest BCUT2D eigenvalue weighted by atomic mass is 9.75. The van der Waals surface area contributed by atoms with Crippen molar-refractivity contribution in [2.45, 2.75) is 51.4 Å². The number of rotatable bonds is 5. The van der Waals surface area contributed by atoms with Gasteiger partial charge in [0, 0.05) is 30.2 Å². The van der Waals surface area contributed by atoms with Crippen molar-refractivity contribution in [1.29, 1.82) is 0 Å². The Kier molecular flexibility index (Phi) is 3.89. The van der Waals surface area contributed by atoms with Crippen LogP contribution in [-0.2, 0) is 22.0 Å². The molecule has 5 heteroatoms.